The molecule has 2 aromatic carbocycles. The van der Waals surface area contributed by atoms with E-state index >= 15 is 0 Å². The van der Waals surface area contributed by atoms with Crippen LogP contribution in [0.25, 0.3) is 10.2 Å². The minimum atomic E-state index is -0.415. The van der Waals surface area contributed by atoms with Gasteiger partial charge >= 0.3 is 0 Å². The molecule has 0 bridgehead atoms. The van der Waals surface area contributed by atoms with Crippen molar-refractivity contribution in [3.05, 3.63) is 53.6 Å². The summed E-state index contributed by atoms with van der Waals surface area (Å²) in [5, 5.41) is 12.3. The van der Waals surface area contributed by atoms with Crippen LogP contribution in [0.4, 0.5) is 5.13 Å². The number of hydrogen-bond acceptors (Lipinski definition) is 6. The van der Waals surface area contributed by atoms with Crippen molar-refractivity contribution in [2.45, 2.75) is 19.9 Å². The molecule has 1 aliphatic heterocycles. The summed E-state index contributed by atoms with van der Waals surface area (Å²) in [7, 11) is 0. The third-order valence-corrected chi connectivity index (χ3v) is 5.98. The van der Waals surface area contributed by atoms with Gasteiger partial charge in [-0.3, -0.25) is 14.5 Å². The largest absolute Gasteiger partial charge is 0.494 e. The van der Waals surface area contributed by atoms with Gasteiger partial charge < -0.3 is 10.1 Å². The highest BCUT2D eigenvalue weighted by molar-refractivity contribution is 7.22. The zero-order valence-electron chi connectivity index (χ0n) is 16.4. The third-order valence-electron chi connectivity index (χ3n) is 4.94. The van der Waals surface area contributed by atoms with Gasteiger partial charge in [-0.2, -0.15) is 5.26 Å². The number of aromatic nitrogens is 1. The van der Waals surface area contributed by atoms with E-state index in [1.54, 1.807) is 17.0 Å². The predicted molar refractivity (Wildman–Crippen MR) is 114 cm³/mol. The number of anilines is 1. The normalized spacial score (nSPS) is 15.9. The van der Waals surface area contributed by atoms with Crippen LogP contribution in [0.1, 0.15) is 24.5 Å². The van der Waals surface area contributed by atoms with Gasteiger partial charge in [0.15, 0.2) is 5.13 Å². The number of carbonyl (C=O) groups is 2. The summed E-state index contributed by atoms with van der Waals surface area (Å²) < 4.78 is 6.47. The van der Waals surface area contributed by atoms with Crippen LogP contribution in [0.2, 0.25) is 0 Å². The monoisotopic (exact) mass is 420 g/mol. The summed E-state index contributed by atoms with van der Waals surface area (Å²) in [5.41, 5.74) is 2.28. The lowest BCUT2D eigenvalue weighted by atomic mass is 10.1. The summed E-state index contributed by atoms with van der Waals surface area (Å²) in [6.07, 6.45) is 0.166. The van der Waals surface area contributed by atoms with E-state index in [4.69, 9.17) is 10.00 Å². The smallest absolute Gasteiger partial charge is 0.229 e. The summed E-state index contributed by atoms with van der Waals surface area (Å²) >= 11 is 1.42. The van der Waals surface area contributed by atoms with Crippen molar-refractivity contribution in [2.75, 3.05) is 18.1 Å². The average Bonchev–Trinajstić information content (AvgIpc) is 3.35. The van der Waals surface area contributed by atoms with Gasteiger partial charge in [-0.25, -0.2) is 4.98 Å². The molecular weight excluding hydrogens is 400 g/mol. The van der Waals surface area contributed by atoms with Gasteiger partial charge in [0, 0.05) is 19.5 Å². The first-order valence-corrected chi connectivity index (χ1v) is 10.5. The van der Waals surface area contributed by atoms with E-state index < -0.39 is 5.92 Å². The lowest BCUT2D eigenvalue weighted by molar-refractivity contribution is -0.126. The molecule has 1 fully saturated rings. The van der Waals surface area contributed by atoms with E-state index in [1.807, 2.05) is 37.3 Å². The van der Waals surface area contributed by atoms with Crippen LogP contribution < -0.4 is 15.0 Å². The number of nitrogens with one attached hydrogen (secondary N) is 1. The number of fused-ring (bicyclic) bond motifs is 1. The molecule has 0 radical (unpaired) electrons. The van der Waals surface area contributed by atoms with Gasteiger partial charge in [0.05, 0.1) is 34.4 Å². The van der Waals surface area contributed by atoms with Crippen molar-refractivity contribution >= 4 is 38.5 Å². The number of ether oxygens (including phenoxy) is 1. The van der Waals surface area contributed by atoms with Crippen LogP contribution in [0.3, 0.4) is 0 Å². The highest BCUT2D eigenvalue weighted by Gasteiger charge is 2.36. The Labute approximate surface area is 177 Å². The fourth-order valence-electron chi connectivity index (χ4n) is 3.36. The standard InChI is InChI=1S/C22H20N4O3S/c1-2-29-17-7-8-18-19(10-17)30-22(25-18)26-13-16(9-20(26)27)21(28)24-12-15-5-3-14(11-23)4-6-15/h3-8,10,16H,2,9,12-13H2,1H3,(H,24,28). The molecule has 1 saturated heterocycles. The molecule has 1 unspecified atom stereocenters. The van der Waals surface area contributed by atoms with Gasteiger partial charge in [0.2, 0.25) is 11.8 Å². The number of nitrogens with zero attached hydrogens (tertiary/aromatic N) is 3. The zero-order chi connectivity index (χ0) is 21.1. The van der Waals surface area contributed by atoms with Gasteiger partial charge in [-0.05, 0) is 42.8 Å². The molecule has 7 nitrogen and oxygen atoms in total. The number of hydrogen-bond donors (Lipinski definition) is 1. The summed E-state index contributed by atoms with van der Waals surface area (Å²) in [4.78, 5) is 31.3. The second-order valence-corrected chi connectivity index (χ2v) is 8.00. The van der Waals surface area contributed by atoms with E-state index in [0.717, 1.165) is 21.5 Å². The zero-order valence-corrected chi connectivity index (χ0v) is 17.2. The van der Waals surface area contributed by atoms with Crippen molar-refractivity contribution in [3.8, 4) is 11.8 Å². The molecule has 2 heterocycles. The summed E-state index contributed by atoms with van der Waals surface area (Å²) in [6, 6.07) is 14.8. The quantitative estimate of drug-likeness (QED) is 0.661. The van der Waals surface area contributed by atoms with Gasteiger partial charge in [-0.1, -0.05) is 23.5 Å². The Morgan fingerprint density at radius 1 is 1.33 bits per heavy atom. The molecule has 2 amide bonds. The van der Waals surface area contributed by atoms with Crippen LogP contribution in [0.15, 0.2) is 42.5 Å². The van der Waals surface area contributed by atoms with Crippen molar-refractivity contribution in [1.82, 2.24) is 10.3 Å². The molecular formula is C22H20N4O3S. The molecule has 1 aromatic heterocycles. The molecule has 1 N–H and O–H groups in total. The molecule has 3 aromatic rings. The molecule has 8 heteroatoms. The fourth-order valence-corrected chi connectivity index (χ4v) is 4.38. The number of carbonyl (C=O) groups excluding carboxylic acids is 2. The lowest BCUT2D eigenvalue weighted by Crippen LogP contribution is -2.32. The van der Waals surface area contributed by atoms with E-state index in [0.29, 0.717) is 30.4 Å². The summed E-state index contributed by atoms with van der Waals surface area (Å²) in [6.45, 7) is 3.19. The van der Waals surface area contributed by atoms with E-state index in [1.165, 1.54) is 11.3 Å². The molecule has 0 spiro atoms. The molecule has 30 heavy (non-hydrogen) atoms. The lowest BCUT2D eigenvalue weighted by Gasteiger charge is -2.13. The first-order valence-electron chi connectivity index (χ1n) is 9.68. The Morgan fingerprint density at radius 2 is 2.13 bits per heavy atom. The van der Waals surface area contributed by atoms with E-state index in [2.05, 4.69) is 16.4 Å². The van der Waals surface area contributed by atoms with Gasteiger partial charge in [-0.15, -0.1) is 0 Å². The highest BCUT2D eigenvalue weighted by atomic mass is 32.1. The van der Waals surface area contributed by atoms with E-state index in [-0.39, 0.29) is 18.2 Å². The maximum absolute atomic E-state index is 12.6. The van der Waals surface area contributed by atoms with Crippen molar-refractivity contribution in [1.29, 1.82) is 5.26 Å². The molecule has 0 aliphatic carbocycles. The summed E-state index contributed by atoms with van der Waals surface area (Å²) in [5.74, 6) is 0.0995. The fraction of sp³-hybridized carbons (Fsp3) is 0.273. The van der Waals surface area contributed by atoms with Gasteiger partial charge in [0.25, 0.3) is 0 Å². The predicted octanol–water partition coefficient (Wildman–Crippen LogP) is 3.24. The number of benzene rings is 2. The molecule has 152 valence electrons. The first kappa shape index (κ1) is 19.9. The van der Waals surface area contributed by atoms with Crippen molar-refractivity contribution in [2.24, 2.45) is 5.92 Å². The number of thiazole rings is 1. The minimum absolute atomic E-state index is 0.0994. The first-order chi connectivity index (χ1) is 14.6. The number of rotatable bonds is 6. The number of nitriles is 1. The Hall–Kier alpha value is -3.44. The Kier molecular flexibility index (Phi) is 5.63. The van der Waals surface area contributed by atoms with Crippen LogP contribution in [-0.2, 0) is 16.1 Å². The SMILES string of the molecule is CCOc1ccc2nc(N3CC(C(=O)NCc4ccc(C#N)cc4)CC3=O)sc2c1. The van der Waals surface area contributed by atoms with Gasteiger partial charge in [0.1, 0.15) is 5.75 Å². The van der Waals surface area contributed by atoms with Crippen LogP contribution >= 0.6 is 11.3 Å². The average molecular weight is 420 g/mol. The Morgan fingerprint density at radius 3 is 2.87 bits per heavy atom. The highest BCUT2D eigenvalue weighted by Crippen LogP contribution is 2.34. The number of amides is 2. The Balaban J connectivity index is 1.41. The molecule has 1 aliphatic rings. The third kappa shape index (κ3) is 4.11. The molecule has 1 atom stereocenters. The van der Waals surface area contributed by atoms with Crippen LogP contribution in [-0.4, -0.2) is 29.9 Å². The van der Waals surface area contributed by atoms with E-state index in [9.17, 15) is 9.59 Å². The molecule has 4 rings (SSSR count). The maximum atomic E-state index is 12.6. The molecule has 0 saturated carbocycles. The maximum Gasteiger partial charge on any atom is 0.229 e. The topological polar surface area (TPSA) is 95.3 Å². The van der Waals surface area contributed by atoms with Crippen LogP contribution in [0.5, 0.6) is 5.75 Å². The van der Waals surface area contributed by atoms with Crippen LogP contribution in [0, 0.1) is 17.2 Å². The van der Waals surface area contributed by atoms with Crippen molar-refractivity contribution in [3.63, 3.8) is 0 Å². The second-order valence-electron chi connectivity index (χ2n) is 6.99. The minimum Gasteiger partial charge on any atom is -0.494 e. The van der Waals surface area contributed by atoms with Crippen molar-refractivity contribution < 1.29 is 14.3 Å². The Bertz CT molecular complexity index is 1130. The second kappa shape index (κ2) is 8.51.